The molecule has 0 aliphatic heterocycles. The van der Waals surface area contributed by atoms with Crippen LogP contribution in [0.3, 0.4) is 0 Å². The topological polar surface area (TPSA) is 23.0 Å². The average Bonchev–Trinajstić information content (AvgIpc) is 3.95. The molecule has 0 fully saturated rings. The Morgan fingerprint density at radius 2 is 1.00 bits per heavy atom. The third-order valence-electron chi connectivity index (χ3n) is 12.8. The van der Waals surface area contributed by atoms with Gasteiger partial charge in [0.2, 0.25) is 0 Å². The molecule has 0 amide bonds. The number of allylic oxidation sites excluding steroid dienone is 1. The van der Waals surface area contributed by atoms with Crippen LogP contribution in [0.25, 0.3) is 112 Å². The summed E-state index contributed by atoms with van der Waals surface area (Å²) in [7, 11) is 0. The standard InChI is InChI=1S/C60H46N2O/c1-5-7-31-59-39(3)51-27-16-28-52(60(51)63-59)47-23-14-21-45(36-47)43-19-12-17-41(34-43)42-18-13-20-44(35-42)46-22-15-24-48(37-46)62-57-30-11-9-26-54(57)55-38-49(32-33-58(55)62)61-40(4)50(6-2)53-25-8-10-29-56(53)61/h6-38H,2,5H2,1,3-4H3. The third-order valence-corrected chi connectivity index (χ3v) is 12.8. The first-order valence-corrected chi connectivity index (χ1v) is 21.9. The highest BCUT2D eigenvalue weighted by atomic mass is 16.3. The zero-order valence-corrected chi connectivity index (χ0v) is 35.8. The van der Waals surface area contributed by atoms with Crippen molar-refractivity contribution in [1.29, 1.82) is 0 Å². The highest BCUT2D eigenvalue weighted by Crippen LogP contribution is 2.39. The van der Waals surface area contributed by atoms with Crippen LogP contribution >= 0.6 is 0 Å². The van der Waals surface area contributed by atoms with Crippen LogP contribution in [-0.2, 0) is 0 Å². The smallest absolute Gasteiger partial charge is 0.142 e. The van der Waals surface area contributed by atoms with Crippen molar-refractivity contribution < 1.29 is 4.42 Å². The van der Waals surface area contributed by atoms with Gasteiger partial charge in [-0.3, -0.25) is 0 Å². The van der Waals surface area contributed by atoms with Crippen molar-refractivity contribution in [2.24, 2.45) is 0 Å². The molecule has 0 radical (unpaired) electrons. The van der Waals surface area contributed by atoms with Crippen molar-refractivity contribution in [3.63, 3.8) is 0 Å². The van der Waals surface area contributed by atoms with E-state index in [-0.39, 0.29) is 0 Å². The van der Waals surface area contributed by atoms with Crippen molar-refractivity contribution in [2.75, 3.05) is 0 Å². The van der Waals surface area contributed by atoms with Gasteiger partial charge < -0.3 is 13.6 Å². The summed E-state index contributed by atoms with van der Waals surface area (Å²) >= 11 is 0. The molecule has 3 heteroatoms. The van der Waals surface area contributed by atoms with Crippen LogP contribution in [0.15, 0.2) is 199 Å². The Kier molecular flexibility index (Phi) is 9.39. The number of aryl methyl sites for hydroxylation is 1. The van der Waals surface area contributed by atoms with Crippen LogP contribution < -0.4 is 0 Å². The molecule has 8 aromatic carbocycles. The van der Waals surface area contributed by atoms with Gasteiger partial charge >= 0.3 is 0 Å². The Labute approximate surface area is 368 Å². The second-order valence-electron chi connectivity index (χ2n) is 16.5. The van der Waals surface area contributed by atoms with Crippen LogP contribution in [0, 0.1) is 13.8 Å². The first-order chi connectivity index (χ1) is 31.0. The number of rotatable bonds is 9. The molecule has 0 bridgehead atoms. The number of hydrogen-bond donors (Lipinski definition) is 0. The average molecular weight is 811 g/mol. The molecule has 3 heterocycles. The molecule has 3 aromatic heterocycles. The number of aromatic nitrogens is 2. The van der Waals surface area contributed by atoms with Gasteiger partial charge in [0.15, 0.2) is 0 Å². The molecule has 0 N–H and O–H groups in total. The maximum absolute atomic E-state index is 6.47. The third kappa shape index (κ3) is 6.44. The SMILES string of the molecule is C=Cc1c(C)n(-c2ccc3c(c2)c2ccccc2n3-c2cccc(-c3cccc(-c4cccc(-c5cccc(-c6cccc7c(C)c(C=CCC)oc67)c5)c4)c3)c2)c2ccccc12. The lowest BCUT2D eigenvalue weighted by molar-refractivity contribution is 0.602. The zero-order chi connectivity index (χ0) is 42.6. The monoisotopic (exact) mass is 810 g/mol. The number of hydrogen-bond acceptors (Lipinski definition) is 1. The Hall–Kier alpha value is -7.88. The maximum atomic E-state index is 6.47. The lowest BCUT2D eigenvalue weighted by Gasteiger charge is -2.13. The molecular weight excluding hydrogens is 765 g/mol. The van der Waals surface area contributed by atoms with Crippen molar-refractivity contribution in [2.45, 2.75) is 27.2 Å². The summed E-state index contributed by atoms with van der Waals surface area (Å²) in [5, 5.41) is 4.83. The van der Waals surface area contributed by atoms with E-state index < -0.39 is 0 Å². The summed E-state index contributed by atoms with van der Waals surface area (Å²) in [6.45, 7) is 10.6. The van der Waals surface area contributed by atoms with E-state index in [1.54, 1.807) is 0 Å². The van der Waals surface area contributed by atoms with Gasteiger partial charge in [0.25, 0.3) is 0 Å². The lowest BCUT2D eigenvalue weighted by Crippen LogP contribution is -1.98. The predicted octanol–water partition coefficient (Wildman–Crippen LogP) is 16.8. The number of para-hydroxylation sites is 3. The van der Waals surface area contributed by atoms with Crippen LogP contribution in [-0.4, -0.2) is 9.13 Å². The van der Waals surface area contributed by atoms with Crippen LogP contribution in [0.2, 0.25) is 0 Å². The minimum atomic E-state index is 0.929. The summed E-state index contributed by atoms with van der Waals surface area (Å²) < 4.78 is 11.2. The zero-order valence-electron chi connectivity index (χ0n) is 35.8. The molecule has 0 unspecified atom stereocenters. The Morgan fingerprint density at radius 3 is 1.67 bits per heavy atom. The van der Waals surface area contributed by atoms with Crippen molar-refractivity contribution in [3.05, 3.63) is 217 Å². The summed E-state index contributed by atoms with van der Waals surface area (Å²) in [5.74, 6) is 0.929. The van der Waals surface area contributed by atoms with E-state index in [0.717, 1.165) is 45.7 Å². The van der Waals surface area contributed by atoms with E-state index in [2.05, 4.69) is 231 Å². The van der Waals surface area contributed by atoms with Gasteiger partial charge in [-0.2, -0.15) is 0 Å². The minimum absolute atomic E-state index is 0.929. The molecule has 0 spiro atoms. The molecule has 302 valence electrons. The fourth-order valence-electron chi connectivity index (χ4n) is 9.68. The van der Waals surface area contributed by atoms with Gasteiger partial charge in [0.05, 0.1) is 16.6 Å². The Bertz CT molecular complexity index is 3600. The van der Waals surface area contributed by atoms with Gasteiger partial charge in [-0.25, -0.2) is 0 Å². The molecule has 3 nitrogen and oxygen atoms in total. The fourth-order valence-corrected chi connectivity index (χ4v) is 9.68. The molecule has 0 aliphatic rings. The van der Waals surface area contributed by atoms with Gasteiger partial charge in [0, 0.05) is 55.3 Å². The summed E-state index contributed by atoms with van der Waals surface area (Å²) in [6.07, 6.45) is 7.20. The molecule has 0 aliphatic carbocycles. The van der Waals surface area contributed by atoms with Gasteiger partial charge in [0.1, 0.15) is 11.3 Å². The van der Waals surface area contributed by atoms with Crippen molar-refractivity contribution in [1.82, 2.24) is 9.13 Å². The van der Waals surface area contributed by atoms with Crippen LogP contribution in [0.5, 0.6) is 0 Å². The van der Waals surface area contributed by atoms with Crippen molar-refractivity contribution in [3.8, 4) is 55.9 Å². The summed E-state index contributed by atoms with van der Waals surface area (Å²) in [4.78, 5) is 0. The molecule has 0 atom stereocenters. The maximum Gasteiger partial charge on any atom is 0.142 e. The molecule has 0 saturated heterocycles. The van der Waals surface area contributed by atoms with Gasteiger partial charge in [-0.15, -0.1) is 0 Å². The fraction of sp³-hybridized carbons (Fsp3) is 0.0667. The summed E-state index contributed by atoms with van der Waals surface area (Å²) in [5.41, 5.74) is 19.6. The van der Waals surface area contributed by atoms with E-state index in [0.29, 0.717) is 0 Å². The molecule has 11 aromatic rings. The molecule has 11 rings (SSSR count). The minimum Gasteiger partial charge on any atom is -0.456 e. The number of furan rings is 1. The Morgan fingerprint density at radius 1 is 0.476 bits per heavy atom. The highest BCUT2D eigenvalue weighted by molar-refractivity contribution is 6.10. The number of nitrogens with zero attached hydrogens (tertiary/aromatic N) is 2. The highest BCUT2D eigenvalue weighted by Gasteiger charge is 2.18. The number of fused-ring (bicyclic) bond motifs is 5. The largest absolute Gasteiger partial charge is 0.456 e. The van der Waals surface area contributed by atoms with Gasteiger partial charge in [-0.05, 0) is 126 Å². The van der Waals surface area contributed by atoms with E-state index in [1.807, 2.05) is 6.08 Å². The van der Waals surface area contributed by atoms with E-state index >= 15 is 0 Å². The van der Waals surface area contributed by atoms with E-state index in [9.17, 15) is 0 Å². The van der Waals surface area contributed by atoms with E-state index in [1.165, 1.54) is 82.9 Å². The molecular formula is C60H46N2O. The van der Waals surface area contributed by atoms with E-state index in [4.69, 9.17) is 4.42 Å². The normalized spacial score (nSPS) is 11.8. The first kappa shape index (κ1) is 38.1. The second kappa shape index (κ2) is 15.5. The van der Waals surface area contributed by atoms with Crippen LogP contribution in [0.1, 0.15) is 35.9 Å². The molecule has 0 saturated carbocycles. The van der Waals surface area contributed by atoms with Crippen LogP contribution in [0.4, 0.5) is 0 Å². The summed E-state index contributed by atoms with van der Waals surface area (Å²) in [6, 6.07) is 66.3. The first-order valence-electron chi connectivity index (χ1n) is 21.9. The second-order valence-corrected chi connectivity index (χ2v) is 16.5. The quantitative estimate of drug-likeness (QED) is 0.142. The van der Waals surface area contributed by atoms with Crippen molar-refractivity contribution >= 4 is 55.8 Å². The van der Waals surface area contributed by atoms with Gasteiger partial charge in [-0.1, -0.05) is 147 Å². The Balaban J connectivity index is 0.941. The predicted molar refractivity (Wildman–Crippen MR) is 268 cm³/mol. The number of benzene rings is 8. The lowest BCUT2D eigenvalue weighted by atomic mass is 9.94. The molecule has 63 heavy (non-hydrogen) atoms.